The average Bonchev–Trinajstić information content (AvgIpc) is 1.88. The molecule has 0 rings (SSSR count). The Labute approximate surface area is 63.5 Å². The molecule has 2 atom stereocenters. The van der Waals surface area contributed by atoms with Crippen LogP contribution < -0.4 is 0 Å². The normalized spacial score (nSPS) is 15.8. The van der Waals surface area contributed by atoms with Crippen LogP contribution in [0.5, 0.6) is 0 Å². The van der Waals surface area contributed by atoms with Gasteiger partial charge in [0, 0.05) is 6.42 Å². The van der Waals surface area contributed by atoms with Gasteiger partial charge in [-0.3, -0.25) is 0 Å². The Balaban J connectivity index is 3.38. The Bertz CT molecular complexity index is 112. The van der Waals surface area contributed by atoms with E-state index in [1.807, 2.05) is 0 Å². The molecule has 0 aromatic rings. The molecule has 1 heteroatoms. The summed E-state index contributed by atoms with van der Waals surface area (Å²) in [5.74, 6) is 3.03. The van der Waals surface area contributed by atoms with Crippen LogP contribution in [0.15, 0.2) is 0 Å². The summed E-state index contributed by atoms with van der Waals surface area (Å²) in [6.07, 6.45) is 7.18. The van der Waals surface area contributed by atoms with Crippen LogP contribution in [0.25, 0.3) is 0 Å². The van der Waals surface area contributed by atoms with Crippen molar-refractivity contribution in [3.63, 3.8) is 0 Å². The molecule has 0 aliphatic heterocycles. The molecular weight excluding hydrogens is 124 g/mol. The summed E-state index contributed by atoms with van der Waals surface area (Å²) in [4.78, 5) is 0. The summed E-state index contributed by atoms with van der Waals surface area (Å²) in [7, 11) is 0. The van der Waals surface area contributed by atoms with Gasteiger partial charge in [0.2, 0.25) is 0 Å². The van der Waals surface area contributed by atoms with E-state index in [2.05, 4.69) is 19.8 Å². The summed E-state index contributed by atoms with van der Waals surface area (Å²) >= 11 is 0. The van der Waals surface area contributed by atoms with Crippen molar-refractivity contribution in [1.29, 1.82) is 0 Å². The van der Waals surface area contributed by atoms with Gasteiger partial charge in [-0.1, -0.05) is 20.3 Å². The topological polar surface area (TPSA) is 20.2 Å². The van der Waals surface area contributed by atoms with Gasteiger partial charge >= 0.3 is 0 Å². The monoisotopic (exact) mass is 140 g/mol. The van der Waals surface area contributed by atoms with Gasteiger partial charge in [-0.25, -0.2) is 0 Å². The molecule has 0 heterocycles. The zero-order valence-corrected chi connectivity index (χ0v) is 6.80. The SMILES string of the molecule is C#CCC(O)CC(C)CC. The summed E-state index contributed by atoms with van der Waals surface area (Å²) in [5, 5.41) is 9.21. The standard InChI is InChI=1S/C9H16O/c1-4-6-9(10)7-8(3)5-2/h1,8-10H,5-7H2,2-3H3. The summed E-state index contributed by atoms with van der Waals surface area (Å²) in [5.41, 5.74) is 0. The summed E-state index contributed by atoms with van der Waals surface area (Å²) in [6, 6.07) is 0. The molecular formula is C9H16O. The Kier molecular flexibility index (Phi) is 5.06. The number of aliphatic hydroxyl groups excluding tert-OH is 1. The van der Waals surface area contributed by atoms with E-state index in [0.29, 0.717) is 12.3 Å². The lowest BCUT2D eigenvalue weighted by atomic mass is 10.00. The third-order valence-corrected chi connectivity index (χ3v) is 1.72. The van der Waals surface area contributed by atoms with E-state index in [-0.39, 0.29) is 6.10 Å². The van der Waals surface area contributed by atoms with Crippen molar-refractivity contribution < 1.29 is 5.11 Å². The highest BCUT2D eigenvalue weighted by Crippen LogP contribution is 2.10. The molecule has 1 N–H and O–H groups in total. The van der Waals surface area contributed by atoms with Crippen molar-refractivity contribution in [1.82, 2.24) is 0 Å². The van der Waals surface area contributed by atoms with Gasteiger partial charge in [0.15, 0.2) is 0 Å². The maximum atomic E-state index is 9.21. The first kappa shape index (κ1) is 9.52. The van der Waals surface area contributed by atoms with Crippen molar-refractivity contribution in [3.05, 3.63) is 0 Å². The van der Waals surface area contributed by atoms with Crippen LogP contribution in [0, 0.1) is 18.3 Å². The van der Waals surface area contributed by atoms with E-state index in [1.54, 1.807) is 0 Å². The quantitative estimate of drug-likeness (QED) is 0.590. The van der Waals surface area contributed by atoms with Crippen LogP contribution >= 0.6 is 0 Å². The van der Waals surface area contributed by atoms with E-state index in [4.69, 9.17) is 6.42 Å². The molecule has 0 fully saturated rings. The highest BCUT2D eigenvalue weighted by Gasteiger charge is 2.06. The second kappa shape index (κ2) is 5.32. The molecule has 1 nitrogen and oxygen atoms in total. The minimum atomic E-state index is -0.292. The van der Waals surface area contributed by atoms with Crippen LogP contribution in [0.1, 0.15) is 33.1 Å². The maximum absolute atomic E-state index is 9.21. The molecule has 0 spiro atoms. The summed E-state index contributed by atoms with van der Waals surface area (Å²) in [6.45, 7) is 4.24. The van der Waals surface area contributed by atoms with Gasteiger partial charge in [-0.15, -0.1) is 12.3 Å². The van der Waals surface area contributed by atoms with Gasteiger partial charge in [0.1, 0.15) is 0 Å². The second-order valence-electron chi connectivity index (χ2n) is 2.81. The number of hydrogen-bond acceptors (Lipinski definition) is 1. The van der Waals surface area contributed by atoms with Crippen LogP contribution in [-0.2, 0) is 0 Å². The predicted molar refractivity (Wildman–Crippen MR) is 43.5 cm³/mol. The largest absolute Gasteiger partial charge is 0.392 e. The lowest BCUT2D eigenvalue weighted by molar-refractivity contribution is 0.149. The Morgan fingerprint density at radius 1 is 1.60 bits per heavy atom. The van der Waals surface area contributed by atoms with Crippen LogP contribution in [0.4, 0.5) is 0 Å². The molecule has 0 aliphatic rings. The van der Waals surface area contributed by atoms with Crippen molar-refractivity contribution in [2.75, 3.05) is 0 Å². The number of hydrogen-bond donors (Lipinski definition) is 1. The predicted octanol–water partition coefficient (Wildman–Crippen LogP) is 1.81. The average molecular weight is 140 g/mol. The first-order chi connectivity index (χ1) is 4.70. The first-order valence-electron chi connectivity index (χ1n) is 3.82. The third kappa shape index (κ3) is 4.40. The maximum Gasteiger partial charge on any atom is 0.0651 e. The zero-order valence-electron chi connectivity index (χ0n) is 6.80. The molecule has 2 unspecified atom stereocenters. The van der Waals surface area contributed by atoms with Crippen LogP contribution in [0.3, 0.4) is 0 Å². The lowest BCUT2D eigenvalue weighted by Gasteiger charge is -2.11. The number of rotatable bonds is 4. The molecule has 0 aromatic heterocycles. The molecule has 0 saturated heterocycles. The molecule has 58 valence electrons. The van der Waals surface area contributed by atoms with E-state index in [9.17, 15) is 5.11 Å². The number of terminal acetylenes is 1. The van der Waals surface area contributed by atoms with Crippen molar-refractivity contribution >= 4 is 0 Å². The molecule has 0 aliphatic carbocycles. The second-order valence-corrected chi connectivity index (χ2v) is 2.81. The Morgan fingerprint density at radius 3 is 2.60 bits per heavy atom. The Morgan fingerprint density at radius 2 is 2.20 bits per heavy atom. The van der Waals surface area contributed by atoms with Crippen molar-refractivity contribution in [2.24, 2.45) is 5.92 Å². The fraction of sp³-hybridized carbons (Fsp3) is 0.778. The zero-order chi connectivity index (χ0) is 7.98. The smallest absolute Gasteiger partial charge is 0.0651 e. The number of aliphatic hydroxyl groups is 1. The van der Waals surface area contributed by atoms with Gasteiger partial charge in [0.05, 0.1) is 6.10 Å². The third-order valence-electron chi connectivity index (χ3n) is 1.72. The fourth-order valence-electron chi connectivity index (χ4n) is 0.851. The van der Waals surface area contributed by atoms with Gasteiger partial charge in [-0.05, 0) is 12.3 Å². The Hall–Kier alpha value is -0.480. The molecule has 10 heavy (non-hydrogen) atoms. The van der Waals surface area contributed by atoms with Crippen molar-refractivity contribution in [2.45, 2.75) is 39.2 Å². The highest BCUT2D eigenvalue weighted by molar-refractivity contribution is 4.86. The lowest BCUT2D eigenvalue weighted by Crippen LogP contribution is -2.09. The molecule has 0 bridgehead atoms. The van der Waals surface area contributed by atoms with Crippen LogP contribution in [-0.4, -0.2) is 11.2 Å². The van der Waals surface area contributed by atoms with Crippen LogP contribution in [0.2, 0.25) is 0 Å². The molecule has 0 radical (unpaired) electrons. The van der Waals surface area contributed by atoms with Gasteiger partial charge in [-0.2, -0.15) is 0 Å². The van der Waals surface area contributed by atoms with E-state index in [0.717, 1.165) is 12.8 Å². The van der Waals surface area contributed by atoms with E-state index < -0.39 is 0 Å². The molecule has 0 amide bonds. The summed E-state index contributed by atoms with van der Waals surface area (Å²) < 4.78 is 0. The van der Waals surface area contributed by atoms with E-state index in [1.165, 1.54) is 0 Å². The fourth-order valence-corrected chi connectivity index (χ4v) is 0.851. The van der Waals surface area contributed by atoms with Gasteiger partial charge in [0.25, 0.3) is 0 Å². The highest BCUT2D eigenvalue weighted by atomic mass is 16.3. The molecule has 0 saturated carbocycles. The minimum Gasteiger partial charge on any atom is -0.392 e. The first-order valence-corrected chi connectivity index (χ1v) is 3.82. The minimum absolute atomic E-state index is 0.292. The molecule has 0 aromatic carbocycles. The van der Waals surface area contributed by atoms with Crippen molar-refractivity contribution in [3.8, 4) is 12.3 Å². The van der Waals surface area contributed by atoms with Gasteiger partial charge < -0.3 is 5.11 Å². The van der Waals surface area contributed by atoms with E-state index >= 15 is 0 Å².